The van der Waals surface area contributed by atoms with E-state index in [0.717, 1.165) is 45.3 Å². The highest BCUT2D eigenvalue weighted by Crippen LogP contribution is 2.39. The average Bonchev–Trinajstić information content (AvgIpc) is 2.68. The van der Waals surface area contributed by atoms with Crippen molar-refractivity contribution in [3.05, 3.63) is 0 Å². The summed E-state index contributed by atoms with van der Waals surface area (Å²) in [5, 5.41) is 9.77. The van der Waals surface area contributed by atoms with E-state index in [4.69, 9.17) is 0 Å². The fraction of sp³-hybridized carbons (Fsp3) is 0.941. The van der Waals surface area contributed by atoms with Gasteiger partial charge in [0.25, 0.3) is 0 Å². The second-order valence-electron chi connectivity index (χ2n) is 7.44. The van der Waals surface area contributed by atoms with Gasteiger partial charge >= 0.3 is 5.97 Å². The molecule has 0 amide bonds. The largest absolute Gasteiger partial charge is 0.481 e. The van der Waals surface area contributed by atoms with E-state index in [9.17, 15) is 9.90 Å². The Hall–Kier alpha value is -0.570. The summed E-state index contributed by atoms with van der Waals surface area (Å²) < 4.78 is 0. The smallest absolute Gasteiger partial charge is 0.310 e. The number of carboxylic acid groups (broad SMARTS) is 1. The topological polar surface area (TPSA) is 40.5 Å². The van der Waals surface area contributed by atoms with Crippen LogP contribution < -0.4 is 0 Å². The van der Waals surface area contributed by atoms with Crippen molar-refractivity contribution < 1.29 is 9.90 Å². The molecule has 0 bridgehead atoms. The number of aliphatic carboxylic acids is 1. The molecule has 1 heterocycles. The number of nitrogens with zero attached hydrogens (tertiary/aromatic N) is 1. The maximum atomic E-state index is 11.9. The number of carboxylic acids is 1. The molecule has 0 aromatic heterocycles. The second kappa shape index (κ2) is 6.46. The van der Waals surface area contributed by atoms with Gasteiger partial charge in [0.15, 0.2) is 0 Å². The molecule has 0 unspecified atom stereocenters. The lowest BCUT2D eigenvalue weighted by molar-refractivity contribution is -0.151. The molecule has 0 spiro atoms. The Labute approximate surface area is 123 Å². The Morgan fingerprint density at radius 1 is 1.05 bits per heavy atom. The van der Waals surface area contributed by atoms with E-state index in [-0.39, 0.29) is 0 Å². The summed E-state index contributed by atoms with van der Waals surface area (Å²) in [4.78, 5) is 14.3. The Morgan fingerprint density at radius 3 is 2.05 bits per heavy atom. The van der Waals surface area contributed by atoms with Crippen molar-refractivity contribution in [2.45, 2.75) is 71.6 Å². The SMILES string of the molecule is CCC1(C)CCN(CC2(C(=O)O)CCCCCC2)CC1. The average molecular weight is 281 g/mol. The molecule has 2 fully saturated rings. The number of piperidine rings is 1. The van der Waals surface area contributed by atoms with Crippen LogP contribution in [0.2, 0.25) is 0 Å². The van der Waals surface area contributed by atoms with E-state index in [1.807, 2.05) is 0 Å². The molecule has 1 N–H and O–H groups in total. The summed E-state index contributed by atoms with van der Waals surface area (Å²) in [6.45, 7) is 7.60. The first-order valence-electron chi connectivity index (χ1n) is 8.45. The minimum absolute atomic E-state index is 0.462. The third-order valence-electron chi connectivity index (χ3n) is 5.96. The molecule has 0 aromatic carbocycles. The molecule has 2 aliphatic rings. The van der Waals surface area contributed by atoms with Crippen molar-refractivity contribution in [2.24, 2.45) is 10.8 Å². The van der Waals surface area contributed by atoms with Crippen LogP contribution in [0.5, 0.6) is 0 Å². The van der Waals surface area contributed by atoms with Crippen molar-refractivity contribution in [3.8, 4) is 0 Å². The molecule has 3 heteroatoms. The van der Waals surface area contributed by atoms with E-state index >= 15 is 0 Å². The lowest BCUT2D eigenvalue weighted by Gasteiger charge is -2.42. The summed E-state index contributed by atoms with van der Waals surface area (Å²) in [6, 6.07) is 0. The fourth-order valence-electron chi connectivity index (χ4n) is 3.88. The number of hydrogen-bond donors (Lipinski definition) is 1. The molecule has 20 heavy (non-hydrogen) atoms. The Balaban J connectivity index is 1.97. The number of hydrogen-bond acceptors (Lipinski definition) is 2. The lowest BCUT2D eigenvalue weighted by Crippen LogP contribution is -2.47. The highest BCUT2D eigenvalue weighted by atomic mass is 16.4. The van der Waals surface area contributed by atoms with Crippen molar-refractivity contribution >= 4 is 5.97 Å². The van der Waals surface area contributed by atoms with E-state index in [0.29, 0.717) is 5.41 Å². The monoisotopic (exact) mass is 281 g/mol. The zero-order valence-electron chi connectivity index (χ0n) is 13.3. The summed E-state index contributed by atoms with van der Waals surface area (Å²) in [5.74, 6) is -0.553. The van der Waals surface area contributed by atoms with Gasteiger partial charge < -0.3 is 10.0 Å². The van der Waals surface area contributed by atoms with Crippen LogP contribution in [0.15, 0.2) is 0 Å². The summed E-state index contributed by atoms with van der Waals surface area (Å²) in [5.41, 5.74) is 0.0206. The zero-order chi connectivity index (χ0) is 14.6. The molecule has 1 saturated heterocycles. The maximum absolute atomic E-state index is 11.9. The highest BCUT2D eigenvalue weighted by Gasteiger charge is 2.41. The van der Waals surface area contributed by atoms with Gasteiger partial charge in [-0.3, -0.25) is 4.79 Å². The van der Waals surface area contributed by atoms with E-state index in [1.54, 1.807) is 0 Å². The molecular weight excluding hydrogens is 250 g/mol. The van der Waals surface area contributed by atoms with Crippen LogP contribution in [-0.2, 0) is 4.79 Å². The number of likely N-dealkylation sites (tertiary alicyclic amines) is 1. The van der Waals surface area contributed by atoms with Gasteiger partial charge in [0.1, 0.15) is 0 Å². The summed E-state index contributed by atoms with van der Waals surface area (Å²) >= 11 is 0. The van der Waals surface area contributed by atoms with Gasteiger partial charge in [0.2, 0.25) is 0 Å². The minimum atomic E-state index is -0.553. The van der Waals surface area contributed by atoms with Gasteiger partial charge in [-0.25, -0.2) is 0 Å². The van der Waals surface area contributed by atoms with Gasteiger partial charge in [0, 0.05) is 6.54 Å². The van der Waals surface area contributed by atoms with E-state index in [1.165, 1.54) is 32.1 Å². The van der Waals surface area contributed by atoms with Crippen molar-refractivity contribution in [1.29, 1.82) is 0 Å². The standard InChI is InChI=1S/C17H31NO2/c1-3-16(2)10-12-18(13-11-16)14-17(15(19)20)8-6-4-5-7-9-17/h3-14H2,1-2H3,(H,19,20). The highest BCUT2D eigenvalue weighted by molar-refractivity contribution is 5.75. The van der Waals surface area contributed by atoms with Crippen LogP contribution in [0, 0.1) is 10.8 Å². The summed E-state index contributed by atoms with van der Waals surface area (Å²) in [6.07, 6.45) is 10.0. The summed E-state index contributed by atoms with van der Waals surface area (Å²) in [7, 11) is 0. The molecule has 116 valence electrons. The van der Waals surface area contributed by atoms with Gasteiger partial charge in [-0.1, -0.05) is 46.0 Å². The molecule has 3 nitrogen and oxygen atoms in total. The van der Waals surface area contributed by atoms with Crippen LogP contribution >= 0.6 is 0 Å². The molecule has 1 saturated carbocycles. The van der Waals surface area contributed by atoms with Crippen molar-refractivity contribution in [3.63, 3.8) is 0 Å². The second-order valence-corrected chi connectivity index (χ2v) is 7.44. The molecule has 2 rings (SSSR count). The van der Waals surface area contributed by atoms with E-state index in [2.05, 4.69) is 18.7 Å². The molecule has 0 aromatic rings. The normalized spacial score (nSPS) is 26.9. The van der Waals surface area contributed by atoms with Gasteiger partial charge in [0.05, 0.1) is 5.41 Å². The zero-order valence-corrected chi connectivity index (χ0v) is 13.3. The van der Waals surface area contributed by atoms with Crippen molar-refractivity contribution in [1.82, 2.24) is 4.90 Å². The predicted octanol–water partition coefficient (Wildman–Crippen LogP) is 3.92. The van der Waals surface area contributed by atoms with Crippen molar-refractivity contribution in [2.75, 3.05) is 19.6 Å². The third-order valence-corrected chi connectivity index (χ3v) is 5.96. The number of carbonyl (C=O) groups is 1. The van der Waals surface area contributed by atoms with Crippen LogP contribution in [0.3, 0.4) is 0 Å². The van der Waals surface area contributed by atoms with Crippen LogP contribution in [-0.4, -0.2) is 35.6 Å². The molecule has 1 aliphatic heterocycles. The fourth-order valence-corrected chi connectivity index (χ4v) is 3.88. The Kier molecular flexibility index (Phi) is 5.11. The van der Waals surface area contributed by atoms with Crippen LogP contribution in [0.4, 0.5) is 0 Å². The Morgan fingerprint density at radius 2 is 1.60 bits per heavy atom. The quantitative estimate of drug-likeness (QED) is 0.794. The molecule has 0 radical (unpaired) electrons. The molecular formula is C17H31NO2. The Bertz CT molecular complexity index is 324. The van der Waals surface area contributed by atoms with Crippen LogP contribution in [0.25, 0.3) is 0 Å². The van der Waals surface area contributed by atoms with Gasteiger partial charge in [-0.15, -0.1) is 0 Å². The molecule has 0 atom stereocenters. The third kappa shape index (κ3) is 3.55. The van der Waals surface area contributed by atoms with E-state index < -0.39 is 11.4 Å². The minimum Gasteiger partial charge on any atom is -0.481 e. The maximum Gasteiger partial charge on any atom is 0.310 e. The first-order chi connectivity index (χ1) is 9.50. The predicted molar refractivity (Wildman–Crippen MR) is 81.8 cm³/mol. The van der Waals surface area contributed by atoms with Crippen LogP contribution in [0.1, 0.15) is 71.6 Å². The number of rotatable bonds is 4. The lowest BCUT2D eigenvalue weighted by atomic mass is 9.76. The first-order valence-corrected chi connectivity index (χ1v) is 8.45. The molecule has 1 aliphatic carbocycles. The van der Waals surface area contributed by atoms with Gasteiger partial charge in [-0.05, 0) is 44.2 Å². The first kappa shape index (κ1) is 15.8. The van der Waals surface area contributed by atoms with Gasteiger partial charge in [-0.2, -0.15) is 0 Å².